The van der Waals surface area contributed by atoms with Crippen molar-refractivity contribution in [3.8, 4) is 0 Å². The summed E-state index contributed by atoms with van der Waals surface area (Å²) in [6.07, 6.45) is 1.09. The second-order valence-electron chi connectivity index (χ2n) is 2.98. The standard InChI is InChI=1S/C10H15NS/c1-4-8-5-6-9(12-8)10(11)7(2)3/h5-6,10H,2,4,11H2,1,3H3. The average molecular weight is 181 g/mol. The molecule has 0 bridgehead atoms. The first kappa shape index (κ1) is 9.49. The lowest BCUT2D eigenvalue weighted by molar-refractivity contribution is 0.871. The Morgan fingerprint density at radius 2 is 2.33 bits per heavy atom. The molecule has 66 valence electrons. The van der Waals surface area contributed by atoms with Crippen LogP contribution in [0.2, 0.25) is 0 Å². The van der Waals surface area contributed by atoms with Gasteiger partial charge < -0.3 is 5.73 Å². The molecule has 0 aliphatic heterocycles. The molecule has 0 amide bonds. The van der Waals surface area contributed by atoms with Crippen LogP contribution in [0, 0.1) is 0 Å². The van der Waals surface area contributed by atoms with E-state index in [1.807, 2.05) is 6.92 Å². The molecule has 0 spiro atoms. The number of thiophene rings is 1. The van der Waals surface area contributed by atoms with Crippen LogP contribution in [0.5, 0.6) is 0 Å². The molecular formula is C10H15NS. The Hall–Kier alpha value is -0.600. The Kier molecular flexibility index (Phi) is 3.06. The number of nitrogens with two attached hydrogens (primary N) is 1. The van der Waals surface area contributed by atoms with Crippen molar-refractivity contribution < 1.29 is 0 Å². The number of aryl methyl sites for hydroxylation is 1. The van der Waals surface area contributed by atoms with E-state index in [1.54, 1.807) is 11.3 Å². The first-order valence-electron chi connectivity index (χ1n) is 4.14. The van der Waals surface area contributed by atoms with Gasteiger partial charge in [0.25, 0.3) is 0 Å². The summed E-state index contributed by atoms with van der Waals surface area (Å²) < 4.78 is 0. The minimum Gasteiger partial charge on any atom is -0.320 e. The van der Waals surface area contributed by atoms with Gasteiger partial charge in [-0.2, -0.15) is 0 Å². The van der Waals surface area contributed by atoms with Gasteiger partial charge in [0.15, 0.2) is 0 Å². The van der Waals surface area contributed by atoms with Gasteiger partial charge in [0.1, 0.15) is 0 Å². The summed E-state index contributed by atoms with van der Waals surface area (Å²) in [6.45, 7) is 7.97. The quantitative estimate of drug-likeness (QED) is 0.713. The highest BCUT2D eigenvalue weighted by atomic mass is 32.1. The molecule has 1 heterocycles. The van der Waals surface area contributed by atoms with Crippen molar-refractivity contribution in [2.75, 3.05) is 0 Å². The summed E-state index contributed by atoms with van der Waals surface area (Å²) >= 11 is 1.78. The Balaban J connectivity index is 2.81. The maximum absolute atomic E-state index is 5.92. The molecule has 0 radical (unpaired) electrons. The van der Waals surface area contributed by atoms with Gasteiger partial charge in [-0.25, -0.2) is 0 Å². The van der Waals surface area contributed by atoms with E-state index in [0.717, 1.165) is 12.0 Å². The normalized spacial score (nSPS) is 12.9. The second-order valence-corrected chi connectivity index (χ2v) is 4.18. The molecule has 0 aliphatic carbocycles. The van der Waals surface area contributed by atoms with E-state index < -0.39 is 0 Å². The first-order valence-corrected chi connectivity index (χ1v) is 4.96. The van der Waals surface area contributed by atoms with Crippen molar-refractivity contribution in [3.05, 3.63) is 34.0 Å². The molecule has 1 aromatic rings. The third-order valence-corrected chi connectivity index (χ3v) is 3.18. The number of hydrogen-bond donors (Lipinski definition) is 1. The van der Waals surface area contributed by atoms with Crippen LogP contribution in [0.3, 0.4) is 0 Å². The first-order chi connectivity index (χ1) is 5.65. The molecule has 1 nitrogen and oxygen atoms in total. The van der Waals surface area contributed by atoms with Gasteiger partial charge in [-0.3, -0.25) is 0 Å². The maximum atomic E-state index is 5.92. The summed E-state index contributed by atoms with van der Waals surface area (Å²) in [7, 11) is 0. The molecule has 1 atom stereocenters. The van der Waals surface area contributed by atoms with Crippen LogP contribution in [0.1, 0.15) is 29.6 Å². The topological polar surface area (TPSA) is 26.0 Å². The smallest absolute Gasteiger partial charge is 0.0600 e. The van der Waals surface area contributed by atoms with Crippen LogP contribution in [0.25, 0.3) is 0 Å². The van der Waals surface area contributed by atoms with Gasteiger partial charge in [0.05, 0.1) is 6.04 Å². The van der Waals surface area contributed by atoms with Crippen LogP contribution in [0.15, 0.2) is 24.3 Å². The summed E-state index contributed by atoms with van der Waals surface area (Å²) in [5.41, 5.74) is 6.94. The lowest BCUT2D eigenvalue weighted by Gasteiger charge is -2.07. The molecule has 0 fully saturated rings. The molecule has 2 heteroatoms. The van der Waals surface area contributed by atoms with Crippen LogP contribution < -0.4 is 5.73 Å². The fourth-order valence-corrected chi connectivity index (χ4v) is 2.04. The van der Waals surface area contributed by atoms with E-state index in [4.69, 9.17) is 5.73 Å². The summed E-state index contributed by atoms with van der Waals surface area (Å²) in [5.74, 6) is 0. The summed E-state index contributed by atoms with van der Waals surface area (Å²) in [5, 5.41) is 0. The van der Waals surface area contributed by atoms with Crippen LogP contribution in [0.4, 0.5) is 0 Å². The van der Waals surface area contributed by atoms with E-state index in [2.05, 4.69) is 25.6 Å². The zero-order valence-electron chi connectivity index (χ0n) is 7.63. The Bertz CT molecular complexity index is 275. The molecule has 1 unspecified atom stereocenters. The maximum Gasteiger partial charge on any atom is 0.0600 e. The highest BCUT2D eigenvalue weighted by Crippen LogP contribution is 2.25. The zero-order chi connectivity index (χ0) is 9.14. The van der Waals surface area contributed by atoms with Gasteiger partial charge in [0.2, 0.25) is 0 Å². The van der Waals surface area contributed by atoms with Gasteiger partial charge in [-0.15, -0.1) is 11.3 Å². The molecular weight excluding hydrogens is 166 g/mol. The van der Waals surface area contributed by atoms with Crippen molar-refractivity contribution in [1.82, 2.24) is 0 Å². The molecule has 0 saturated heterocycles. The van der Waals surface area contributed by atoms with E-state index in [9.17, 15) is 0 Å². The average Bonchev–Trinajstić information content (AvgIpc) is 2.50. The minimum atomic E-state index is 0.0234. The monoisotopic (exact) mass is 181 g/mol. The lowest BCUT2D eigenvalue weighted by atomic mass is 10.1. The summed E-state index contributed by atoms with van der Waals surface area (Å²) in [6, 6.07) is 4.27. The molecule has 1 rings (SSSR count). The van der Waals surface area contributed by atoms with E-state index in [1.165, 1.54) is 9.75 Å². The van der Waals surface area contributed by atoms with Crippen molar-refractivity contribution >= 4 is 11.3 Å². The van der Waals surface area contributed by atoms with E-state index in [-0.39, 0.29) is 6.04 Å². The van der Waals surface area contributed by atoms with Crippen LogP contribution >= 0.6 is 11.3 Å². The third kappa shape index (κ3) is 1.96. The molecule has 0 aliphatic rings. The van der Waals surface area contributed by atoms with E-state index in [0.29, 0.717) is 0 Å². The van der Waals surface area contributed by atoms with Crippen LogP contribution in [-0.2, 0) is 6.42 Å². The Morgan fingerprint density at radius 1 is 1.67 bits per heavy atom. The number of rotatable bonds is 3. The highest BCUT2D eigenvalue weighted by molar-refractivity contribution is 7.12. The molecule has 12 heavy (non-hydrogen) atoms. The number of hydrogen-bond acceptors (Lipinski definition) is 2. The van der Waals surface area contributed by atoms with Crippen molar-refractivity contribution in [2.45, 2.75) is 26.3 Å². The Labute approximate surface area is 77.9 Å². The SMILES string of the molecule is C=C(C)C(N)c1ccc(CC)s1. The second kappa shape index (κ2) is 3.87. The predicted octanol–water partition coefficient (Wildman–Crippen LogP) is 2.89. The molecule has 2 N–H and O–H groups in total. The third-order valence-electron chi connectivity index (χ3n) is 1.87. The highest BCUT2D eigenvalue weighted by Gasteiger charge is 2.08. The Morgan fingerprint density at radius 3 is 2.75 bits per heavy atom. The fraction of sp³-hybridized carbons (Fsp3) is 0.400. The predicted molar refractivity (Wildman–Crippen MR) is 55.4 cm³/mol. The minimum absolute atomic E-state index is 0.0234. The molecule has 0 saturated carbocycles. The van der Waals surface area contributed by atoms with Gasteiger partial charge >= 0.3 is 0 Å². The van der Waals surface area contributed by atoms with Crippen molar-refractivity contribution in [2.24, 2.45) is 5.73 Å². The van der Waals surface area contributed by atoms with E-state index >= 15 is 0 Å². The van der Waals surface area contributed by atoms with Gasteiger partial charge in [-0.1, -0.05) is 19.1 Å². The van der Waals surface area contributed by atoms with Gasteiger partial charge in [-0.05, 0) is 25.5 Å². The molecule has 1 aromatic heterocycles. The lowest BCUT2D eigenvalue weighted by Crippen LogP contribution is -2.08. The van der Waals surface area contributed by atoms with Gasteiger partial charge in [0, 0.05) is 9.75 Å². The fourth-order valence-electron chi connectivity index (χ4n) is 0.995. The van der Waals surface area contributed by atoms with Crippen molar-refractivity contribution in [3.63, 3.8) is 0 Å². The zero-order valence-corrected chi connectivity index (χ0v) is 8.45. The molecule has 0 aromatic carbocycles. The van der Waals surface area contributed by atoms with Crippen molar-refractivity contribution in [1.29, 1.82) is 0 Å². The largest absolute Gasteiger partial charge is 0.320 e. The van der Waals surface area contributed by atoms with Crippen LogP contribution in [-0.4, -0.2) is 0 Å². The summed E-state index contributed by atoms with van der Waals surface area (Å²) in [4.78, 5) is 2.61.